The van der Waals surface area contributed by atoms with Crippen LogP contribution in [0.2, 0.25) is 0 Å². The van der Waals surface area contributed by atoms with Crippen molar-refractivity contribution in [2.24, 2.45) is 0 Å². The van der Waals surface area contributed by atoms with E-state index in [9.17, 15) is 18.0 Å². The average molecular weight is 628 g/mol. The van der Waals surface area contributed by atoms with Gasteiger partial charge in [-0.1, -0.05) is 59.3 Å². The molecule has 1 fully saturated rings. The van der Waals surface area contributed by atoms with Crippen molar-refractivity contribution in [3.63, 3.8) is 0 Å². The minimum atomic E-state index is -3.85. The van der Waals surface area contributed by atoms with Gasteiger partial charge in [-0.25, -0.2) is 8.42 Å². The van der Waals surface area contributed by atoms with Gasteiger partial charge in [-0.05, 0) is 86.4 Å². The van der Waals surface area contributed by atoms with Crippen LogP contribution in [0.25, 0.3) is 22.6 Å². The number of benzene rings is 3. The zero-order valence-corrected chi connectivity index (χ0v) is 26.3. The molecule has 10 nitrogen and oxygen atoms in total. The Morgan fingerprint density at radius 1 is 1.07 bits per heavy atom. The molecule has 1 aliphatic heterocycles. The van der Waals surface area contributed by atoms with Crippen molar-refractivity contribution in [2.75, 3.05) is 13.1 Å². The topological polar surface area (TPSA) is 134 Å². The number of nitrogens with one attached hydrogen (secondary N) is 2. The van der Waals surface area contributed by atoms with Crippen LogP contribution in [-0.4, -0.2) is 53.8 Å². The van der Waals surface area contributed by atoms with Crippen molar-refractivity contribution < 1.29 is 22.5 Å². The van der Waals surface area contributed by atoms with Crippen LogP contribution in [0.4, 0.5) is 0 Å². The Hall–Kier alpha value is -4.35. The lowest BCUT2D eigenvalue weighted by atomic mass is 9.85. The van der Waals surface area contributed by atoms with Gasteiger partial charge in [0.1, 0.15) is 6.04 Å². The minimum Gasteiger partial charge on any atom is -0.353 e. The van der Waals surface area contributed by atoms with Gasteiger partial charge in [-0.15, -0.1) is 0 Å². The Balaban J connectivity index is 1.11. The molecule has 4 aromatic rings. The summed E-state index contributed by atoms with van der Waals surface area (Å²) in [6.45, 7) is 4.13. The molecule has 0 saturated carbocycles. The molecule has 2 heterocycles. The Morgan fingerprint density at radius 2 is 1.84 bits per heavy atom. The number of aryl methyl sites for hydroxylation is 3. The molecule has 234 valence electrons. The first-order valence-corrected chi connectivity index (χ1v) is 16.8. The highest BCUT2D eigenvalue weighted by atomic mass is 32.2. The molecule has 1 aliphatic carbocycles. The molecule has 1 aromatic heterocycles. The first-order valence-electron chi connectivity index (χ1n) is 15.4. The fourth-order valence-corrected chi connectivity index (χ4v) is 7.90. The fraction of sp³-hybridized carbons (Fsp3) is 0.353. The van der Waals surface area contributed by atoms with Gasteiger partial charge in [0.15, 0.2) is 5.82 Å². The lowest BCUT2D eigenvalue weighted by molar-refractivity contribution is -0.127. The second-order valence-corrected chi connectivity index (χ2v) is 13.6. The van der Waals surface area contributed by atoms with Gasteiger partial charge in [0.25, 0.3) is 5.89 Å². The molecule has 6 rings (SSSR count). The maximum Gasteiger partial charge on any atom is 0.258 e. The zero-order chi connectivity index (χ0) is 31.6. The fourth-order valence-electron chi connectivity index (χ4n) is 6.28. The second-order valence-electron chi connectivity index (χ2n) is 11.7. The highest BCUT2D eigenvalue weighted by Gasteiger charge is 2.38. The minimum absolute atomic E-state index is 0.111. The molecule has 0 spiro atoms. The number of nitrogens with zero attached hydrogens (tertiary/aromatic N) is 3. The van der Waals surface area contributed by atoms with E-state index in [4.69, 9.17) is 4.52 Å². The van der Waals surface area contributed by atoms with Gasteiger partial charge in [-0.2, -0.15) is 9.29 Å². The summed E-state index contributed by atoms with van der Waals surface area (Å²) in [4.78, 5) is 30.4. The first-order chi connectivity index (χ1) is 21.7. The van der Waals surface area contributed by atoms with Crippen molar-refractivity contribution in [2.45, 2.75) is 69.4 Å². The summed E-state index contributed by atoms with van der Waals surface area (Å²) in [7, 11) is -3.85. The van der Waals surface area contributed by atoms with Crippen molar-refractivity contribution in [1.82, 2.24) is 25.1 Å². The smallest absolute Gasteiger partial charge is 0.258 e. The van der Waals surface area contributed by atoms with Gasteiger partial charge in [0.05, 0.1) is 10.9 Å². The van der Waals surface area contributed by atoms with Crippen LogP contribution in [0, 0.1) is 13.8 Å². The number of sulfonamides is 1. The number of hydrogen-bond acceptors (Lipinski definition) is 7. The van der Waals surface area contributed by atoms with Gasteiger partial charge < -0.3 is 15.2 Å². The van der Waals surface area contributed by atoms with E-state index < -0.39 is 16.1 Å². The van der Waals surface area contributed by atoms with E-state index in [2.05, 4.69) is 39.0 Å². The van der Waals surface area contributed by atoms with Crippen LogP contribution in [-0.2, 0) is 26.0 Å². The van der Waals surface area contributed by atoms with Crippen LogP contribution >= 0.6 is 0 Å². The van der Waals surface area contributed by atoms with Gasteiger partial charge in [-0.3, -0.25) is 9.59 Å². The Morgan fingerprint density at radius 3 is 2.60 bits per heavy atom. The van der Waals surface area contributed by atoms with E-state index in [1.807, 2.05) is 31.2 Å². The van der Waals surface area contributed by atoms with Crippen LogP contribution in [0.5, 0.6) is 0 Å². The van der Waals surface area contributed by atoms with E-state index in [1.165, 1.54) is 9.87 Å². The quantitative estimate of drug-likeness (QED) is 0.270. The summed E-state index contributed by atoms with van der Waals surface area (Å²) in [6, 6.07) is 19.9. The molecule has 3 aromatic carbocycles. The maximum atomic E-state index is 13.4. The van der Waals surface area contributed by atoms with Crippen molar-refractivity contribution in [3.8, 4) is 22.6 Å². The summed E-state index contributed by atoms with van der Waals surface area (Å²) < 4.78 is 33.5. The summed E-state index contributed by atoms with van der Waals surface area (Å²) in [5.74, 6) is 0.617. The maximum absolute atomic E-state index is 13.4. The SMILES string of the molecule is Cc1ccc(S(=O)(=O)N2CCNC(=O)C2CCCC(=O)NC2CCCc3cc(-c4ccccc4-c4nc(C)no4)ccc32)cc1. The predicted octanol–water partition coefficient (Wildman–Crippen LogP) is 4.87. The number of piperazine rings is 1. The number of aromatic nitrogens is 2. The lowest BCUT2D eigenvalue weighted by Gasteiger charge is -2.34. The average Bonchev–Trinajstić information content (AvgIpc) is 3.48. The highest BCUT2D eigenvalue weighted by molar-refractivity contribution is 7.89. The molecule has 2 N–H and O–H groups in total. The molecule has 2 aliphatic rings. The van der Waals surface area contributed by atoms with Crippen molar-refractivity contribution >= 4 is 21.8 Å². The third-order valence-electron chi connectivity index (χ3n) is 8.58. The second kappa shape index (κ2) is 12.9. The van der Waals surface area contributed by atoms with Gasteiger partial charge in [0.2, 0.25) is 21.8 Å². The molecule has 2 unspecified atom stereocenters. The third kappa shape index (κ3) is 6.55. The summed E-state index contributed by atoms with van der Waals surface area (Å²) in [6.07, 6.45) is 3.54. The number of rotatable bonds is 9. The van der Waals surface area contributed by atoms with Crippen LogP contribution in [0.3, 0.4) is 0 Å². The highest BCUT2D eigenvalue weighted by Crippen LogP contribution is 2.36. The van der Waals surface area contributed by atoms with E-state index in [-0.39, 0.29) is 48.7 Å². The van der Waals surface area contributed by atoms with E-state index in [0.717, 1.165) is 47.1 Å². The number of hydrogen-bond donors (Lipinski definition) is 2. The van der Waals surface area contributed by atoms with E-state index in [0.29, 0.717) is 18.1 Å². The summed E-state index contributed by atoms with van der Waals surface area (Å²) >= 11 is 0. The van der Waals surface area contributed by atoms with Crippen LogP contribution in [0.15, 0.2) is 76.1 Å². The Labute approximate surface area is 263 Å². The molecule has 1 saturated heterocycles. The Bertz CT molecular complexity index is 1820. The molecule has 2 amide bonds. The lowest BCUT2D eigenvalue weighted by Crippen LogP contribution is -2.57. The molecular formula is C34H37N5O5S. The van der Waals surface area contributed by atoms with Gasteiger partial charge >= 0.3 is 0 Å². The van der Waals surface area contributed by atoms with Crippen LogP contribution < -0.4 is 10.6 Å². The van der Waals surface area contributed by atoms with E-state index in [1.54, 1.807) is 31.2 Å². The Kier molecular flexibility index (Phi) is 8.82. The monoisotopic (exact) mass is 627 g/mol. The summed E-state index contributed by atoms with van der Waals surface area (Å²) in [5, 5.41) is 9.91. The number of amides is 2. The number of carbonyl (C=O) groups excluding carboxylic acids is 2. The standard InChI is InChI=1S/C34H37N5O5S/c1-22-13-16-26(17-14-22)45(42,43)39-20-19-35-33(41)31(39)11-6-12-32(40)37-30-10-5-7-24-21-25(15-18-28(24)30)27-8-3-4-9-29(27)34-36-23(2)38-44-34/h3-4,8-9,13-18,21,30-31H,5-7,10-12,19-20H2,1-2H3,(H,35,41)(H,37,40). The van der Waals surface area contributed by atoms with Crippen molar-refractivity contribution in [1.29, 1.82) is 0 Å². The van der Waals surface area contributed by atoms with E-state index >= 15 is 0 Å². The molecule has 45 heavy (non-hydrogen) atoms. The zero-order valence-electron chi connectivity index (χ0n) is 25.5. The largest absolute Gasteiger partial charge is 0.353 e. The third-order valence-corrected chi connectivity index (χ3v) is 10.5. The van der Waals surface area contributed by atoms with Crippen molar-refractivity contribution in [3.05, 3.63) is 89.2 Å². The van der Waals surface area contributed by atoms with Crippen LogP contribution in [0.1, 0.15) is 60.7 Å². The molecular weight excluding hydrogens is 590 g/mol. The number of carbonyl (C=O) groups is 2. The summed E-state index contributed by atoms with van der Waals surface area (Å²) in [5.41, 5.74) is 6.16. The predicted molar refractivity (Wildman–Crippen MR) is 169 cm³/mol. The normalized spacial score (nSPS) is 18.7. The molecule has 2 atom stereocenters. The number of fused-ring (bicyclic) bond motifs is 1. The first kappa shape index (κ1) is 30.7. The molecule has 11 heteroatoms. The molecule has 0 radical (unpaired) electrons. The molecule has 0 bridgehead atoms. The van der Waals surface area contributed by atoms with Gasteiger partial charge in [0, 0.05) is 25.1 Å².